The van der Waals surface area contributed by atoms with Gasteiger partial charge in [0.1, 0.15) is 7.11 Å². The van der Waals surface area contributed by atoms with Gasteiger partial charge >= 0.3 is 0 Å². The number of likely N-dealkylation sites (N-methyl/N-ethyl adjacent to an activating group) is 1. The molecule has 0 saturated heterocycles. The Labute approximate surface area is 140 Å². The molecule has 0 N–H and O–H groups in total. The third kappa shape index (κ3) is 2.76. The van der Waals surface area contributed by atoms with E-state index < -0.39 is 0 Å². The van der Waals surface area contributed by atoms with E-state index in [4.69, 9.17) is 4.84 Å². The van der Waals surface area contributed by atoms with Crippen molar-refractivity contribution < 1.29 is 14.4 Å². The van der Waals surface area contributed by atoms with Gasteiger partial charge in [-0.05, 0) is 43.2 Å². The second kappa shape index (κ2) is 6.41. The van der Waals surface area contributed by atoms with Gasteiger partial charge in [-0.15, -0.1) is 0 Å². The number of carbonyl (C=O) groups is 2. The normalized spacial score (nSPS) is 14.2. The maximum atomic E-state index is 12.9. The van der Waals surface area contributed by atoms with E-state index in [2.05, 4.69) is 5.16 Å². The summed E-state index contributed by atoms with van der Waals surface area (Å²) in [5.41, 5.74) is 1.85. The number of nitrogens with zero attached hydrogens (tertiary/aromatic N) is 3. The minimum absolute atomic E-state index is 0.238. The lowest BCUT2D eigenvalue weighted by atomic mass is 9.92. The van der Waals surface area contributed by atoms with Crippen LogP contribution in [0.15, 0.2) is 35.5 Å². The Morgan fingerprint density at radius 3 is 2.62 bits per heavy atom. The van der Waals surface area contributed by atoms with Gasteiger partial charge in [0, 0.05) is 29.6 Å². The Balaban J connectivity index is 2.13. The summed E-state index contributed by atoms with van der Waals surface area (Å²) in [7, 11) is 5.28. The van der Waals surface area contributed by atoms with E-state index >= 15 is 0 Å². The highest BCUT2D eigenvalue weighted by atomic mass is 16.6. The number of hydrogen-bond donors (Lipinski definition) is 0. The van der Waals surface area contributed by atoms with E-state index in [1.54, 1.807) is 18.3 Å². The molecule has 2 aromatic rings. The SMILES string of the molecule is CO/N=C/c1cc2c3c(cccc3c1)C(=O)N(CCN(C)C)C2=O. The number of oxime groups is 1. The van der Waals surface area contributed by atoms with Crippen molar-refractivity contribution in [2.24, 2.45) is 5.16 Å². The van der Waals surface area contributed by atoms with Gasteiger partial charge in [0.2, 0.25) is 0 Å². The fraction of sp³-hybridized carbons (Fsp3) is 0.278. The predicted molar refractivity (Wildman–Crippen MR) is 92.5 cm³/mol. The molecule has 1 heterocycles. The molecule has 0 fully saturated rings. The van der Waals surface area contributed by atoms with Crippen LogP contribution < -0.4 is 0 Å². The summed E-state index contributed by atoms with van der Waals surface area (Å²) in [6.07, 6.45) is 1.55. The maximum Gasteiger partial charge on any atom is 0.261 e. The molecule has 0 saturated carbocycles. The van der Waals surface area contributed by atoms with Crippen LogP contribution in [0.2, 0.25) is 0 Å². The van der Waals surface area contributed by atoms with Crippen molar-refractivity contribution in [3.63, 3.8) is 0 Å². The Morgan fingerprint density at radius 2 is 1.92 bits per heavy atom. The van der Waals surface area contributed by atoms with Crippen molar-refractivity contribution in [1.82, 2.24) is 9.80 Å². The van der Waals surface area contributed by atoms with E-state index in [1.807, 2.05) is 37.2 Å². The molecule has 0 unspecified atom stereocenters. The van der Waals surface area contributed by atoms with Crippen LogP contribution in [-0.2, 0) is 4.84 Å². The first-order chi connectivity index (χ1) is 11.5. The highest BCUT2D eigenvalue weighted by molar-refractivity contribution is 6.26. The first-order valence-corrected chi connectivity index (χ1v) is 7.67. The van der Waals surface area contributed by atoms with Crippen LogP contribution in [0.4, 0.5) is 0 Å². The summed E-state index contributed by atoms with van der Waals surface area (Å²) in [5.74, 6) is -0.503. The predicted octanol–water partition coefficient (Wildman–Crippen LogP) is 1.98. The first-order valence-electron chi connectivity index (χ1n) is 7.67. The number of hydrogen-bond acceptors (Lipinski definition) is 5. The van der Waals surface area contributed by atoms with Crippen molar-refractivity contribution in [2.45, 2.75) is 0 Å². The maximum absolute atomic E-state index is 12.9. The average molecular weight is 325 g/mol. The van der Waals surface area contributed by atoms with E-state index in [1.165, 1.54) is 12.0 Å². The van der Waals surface area contributed by atoms with Crippen molar-refractivity contribution in [1.29, 1.82) is 0 Å². The summed E-state index contributed by atoms with van der Waals surface area (Å²) >= 11 is 0. The minimum Gasteiger partial charge on any atom is -0.399 e. The lowest BCUT2D eigenvalue weighted by Crippen LogP contribution is -2.43. The molecule has 124 valence electrons. The molecule has 1 aliphatic heterocycles. The van der Waals surface area contributed by atoms with E-state index in [0.717, 1.165) is 10.9 Å². The number of amides is 2. The molecule has 6 nitrogen and oxygen atoms in total. The molecule has 3 rings (SSSR count). The van der Waals surface area contributed by atoms with Crippen LogP contribution in [0.25, 0.3) is 10.8 Å². The van der Waals surface area contributed by atoms with Crippen molar-refractivity contribution >= 4 is 28.8 Å². The van der Waals surface area contributed by atoms with E-state index in [0.29, 0.717) is 29.6 Å². The zero-order valence-electron chi connectivity index (χ0n) is 13.9. The highest BCUT2D eigenvalue weighted by Gasteiger charge is 2.32. The molecule has 2 aromatic carbocycles. The molecule has 24 heavy (non-hydrogen) atoms. The van der Waals surface area contributed by atoms with Gasteiger partial charge in [-0.2, -0.15) is 0 Å². The number of rotatable bonds is 5. The molecule has 0 spiro atoms. The standard InChI is InChI=1S/C18H19N3O3/c1-20(2)7-8-21-17(22)14-6-4-5-13-9-12(11-19-24-3)10-15(16(13)14)18(21)23/h4-6,9-11H,7-8H2,1-3H3/b19-11+. The third-order valence-corrected chi connectivity index (χ3v) is 4.03. The van der Waals surface area contributed by atoms with Crippen molar-refractivity contribution in [3.8, 4) is 0 Å². The molecule has 0 atom stereocenters. The van der Waals surface area contributed by atoms with Gasteiger partial charge in [-0.3, -0.25) is 14.5 Å². The molecule has 0 aliphatic carbocycles. The molecule has 0 bridgehead atoms. The lowest BCUT2D eigenvalue weighted by molar-refractivity contribution is 0.0601. The van der Waals surface area contributed by atoms with Crippen LogP contribution in [0.5, 0.6) is 0 Å². The summed E-state index contributed by atoms with van der Waals surface area (Å²) < 4.78 is 0. The largest absolute Gasteiger partial charge is 0.399 e. The first kappa shape index (κ1) is 16.1. The molecule has 6 heteroatoms. The molecule has 1 aliphatic rings. The number of carbonyl (C=O) groups excluding carboxylic acids is 2. The van der Waals surface area contributed by atoms with Crippen molar-refractivity contribution in [2.75, 3.05) is 34.3 Å². The third-order valence-electron chi connectivity index (χ3n) is 4.03. The zero-order valence-corrected chi connectivity index (χ0v) is 13.9. The van der Waals surface area contributed by atoms with Crippen LogP contribution >= 0.6 is 0 Å². The molecular weight excluding hydrogens is 306 g/mol. The van der Waals surface area contributed by atoms with Gasteiger partial charge in [0.05, 0.1) is 6.21 Å². The summed E-state index contributed by atoms with van der Waals surface area (Å²) in [5, 5.41) is 5.31. The smallest absolute Gasteiger partial charge is 0.261 e. The number of benzene rings is 2. The van der Waals surface area contributed by atoms with Gasteiger partial charge in [0.15, 0.2) is 0 Å². The summed E-state index contributed by atoms with van der Waals surface area (Å²) in [4.78, 5) is 33.6. The Kier molecular flexibility index (Phi) is 4.31. The lowest BCUT2D eigenvalue weighted by Gasteiger charge is -2.28. The zero-order chi connectivity index (χ0) is 17.3. The van der Waals surface area contributed by atoms with Crippen LogP contribution in [-0.4, -0.2) is 62.1 Å². The van der Waals surface area contributed by atoms with Crippen LogP contribution in [0.3, 0.4) is 0 Å². The van der Waals surface area contributed by atoms with Gasteiger partial charge in [-0.1, -0.05) is 17.3 Å². The Morgan fingerprint density at radius 1 is 1.17 bits per heavy atom. The molecule has 0 radical (unpaired) electrons. The Hall–Kier alpha value is -2.73. The number of imide groups is 1. The van der Waals surface area contributed by atoms with Crippen LogP contribution in [0, 0.1) is 0 Å². The molecule has 0 aromatic heterocycles. The average Bonchev–Trinajstić information content (AvgIpc) is 2.57. The van der Waals surface area contributed by atoms with Gasteiger partial charge in [0.25, 0.3) is 11.8 Å². The molecular formula is C18H19N3O3. The highest BCUT2D eigenvalue weighted by Crippen LogP contribution is 2.30. The van der Waals surface area contributed by atoms with E-state index in [-0.39, 0.29) is 11.8 Å². The monoisotopic (exact) mass is 325 g/mol. The van der Waals surface area contributed by atoms with Crippen molar-refractivity contribution in [3.05, 3.63) is 47.0 Å². The van der Waals surface area contributed by atoms with Gasteiger partial charge in [-0.25, -0.2) is 0 Å². The molecule has 2 amide bonds. The van der Waals surface area contributed by atoms with Gasteiger partial charge < -0.3 is 9.74 Å². The fourth-order valence-electron chi connectivity index (χ4n) is 2.87. The topological polar surface area (TPSA) is 62.2 Å². The van der Waals surface area contributed by atoms with E-state index in [9.17, 15) is 9.59 Å². The summed E-state index contributed by atoms with van der Waals surface area (Å²) in [6, 6.07) is 9.14. The quantitative estimate of drug-likeness (QED) is 0.479. The second-order valence-electron chi connectivity index (χ2n) is 5.95. The fourth-order valence-corrected chi connectivity index (χ4v) is 2.87. The summed E-state index contributed by atoms with van der Waals surface area (Å²) in [6.45, 7) is 0.977. The minimum atomic E-state index is -0.266. The van der Waals surface area contributed by atoms with Crippen LogP contribution in [0.1, 0.15) is 26.3 Å². The Bertz CT molecular complexity index is 843. The second-order valence-corrected chi connectivity index (χ2v) is 5.95.